The summed E-state index contributed by atoms with van der Waals surface area (Å²) in [5.41, 5.74) is 0.225. The van der Waals surface area contributed by atoms with Gasteiger partial charge in [-0.15, -0.1) is 0 Å². The summed E-state index contributed by atoms with van der Waals surface area (Å²) in [7, 11) is 0. The summed E-state index contributed by atoms with van der Waals surface area (Å²) in [4.78, 5) is 15.5. The van der Waals surface area contributed by atoms with Crippen LogP contribution in [0.25, 0.3) is 0 Å². The Morgan fingerprint density at radius 2 is 2.25 bits per heavy atom. The molecule has 0 fully saturated rings. The number of rotatable bonds is 3. The molecule has 0 unspecified atom stereocenters. The molecule has 0 saturated heterocycles. The summed E-state index contributed by atoms with van der Waals surface area (Å²) in [6.07, 6.45) is 3.01. The first-order valence-electron chi connectivity index (χ1n) is 4.26. The van der Waals surface area contributed by atoms with Crippen LogP contribution in [0.4, 0.5) is 0 Å². The van der Waals surface area contributed by atoms with Crippen molar-refractivity contribution in [3.63, 3.8) is 0 Å². The van der Waals surface area contributed by atoms with Gasteiger partial charge in [-0.1, -0.05) is 15.9 Å². The average Bonchev–Trinajstić information content (AvgIpc) is 2.69. The molecule has 1 N–H and O–H groups in total. The highest BCUT2D eigenvalue weighted by Crippen LogP contribution is 2.29. The van der Waals surface area contributed by atoms with Crippen LogP contribution in [0.5, 0.6) is 0 Å². The number of carboxylic acid groups (broad SMARTS) is 1. The fourth-order valence-corrected chi connectivity index (χ4v) is 2.54. The Bertz CT molecular complexity index is 513. The van der Waals surface area contributed by atoms with Crippen LogP contribution in [-0.2, 0) is 0 Å². The van der Waals surface area contributed by atoms with E-state index in [4.69, 9.17) is 9.52 Å². The highest BCUT2D eigenvalue weighted by molar-refractivity contribution is 9.10. The van der Waals surface area contributed by atoms with E-state index in [2.05, 4.69) is 20.9 Å². The molecule has 2 aromatic rings. The molecule has 0 radical (unpaired) electrons. The van der Waals surface area contributed by atoms with E-state index in [1.807, 2.05) is 0 Å². The van der Waals surface area contributed by atoms with E-state index < -0.39 is 5.97 Å². The summed E-state index contributed by atoms with van der Waals surface area (Å²) in [6, 6.07) is 4.92. The molecular formula is C10H6BrNO3S. The number of hydrogen-bond donors (Lipinski definition) is 1. The Labute approximate surface area is 104 Å². The monoisotopic (exact) mass is 299 g/mol. The van der Waals surface area contributed by atoms with Crippen LogP contribution in [-0.4, -0.2) is 16.1 Å². The van der Waals surface area contributed by atoms with E-state index in [1.165, 1.54) is 18.0 Å². The Morgan fingerprint density at radius 3 is 2.88 bits per heavy atom. The molecule has 0 aliphatic carbocycles. The van der Waals surface area contributed by atoms with E-state index >= 15 is 0 Å². The zero-order valence-electron chi connectivity index (χ0n) is 7.88. The largest absolute Gasteiger partial charge is 0.478 e. The van der Waals surface area contributed by atoms with Crippen molar-refractivity contribution < 1.29 is 14.3 Å². The number of hydrogen-bond acceptors (Lipinski definition) is 4. The van der Waals surface area contributed by atoms with Gasteiger partial charge in [0.15, 0.2) is 0 Å². The number of carboxylic acids is 1. The van der Waals surface area contributed by atoms with Crippen LogP contribution in [0.2, 0.25) is 0 Å². The molecule has 2 rings (SSSR count). The molecule has 0 spiro atoms. The maximum Gasteiger partial charge on any atom is 0.335 e. The van der Waals surface area contributed by atoms with Gasteiger partial charge in [0.1, 0.15) is 6.26 Å². The van der Waals surface area contributed by atoms with Crippen molar-refractivity contribution in [3.05, 3.63) is 40.7 Å². The second kappa shape index (κ2) is 4.71. The summed E-state index contributed by atoms with van der Waals surface area (Å²) >= 11 is 4.53. The van der Waals surface area contributed by atoms with Gasteiger partial charge in [-0.3, -0.25) is 0 Å². The SMILES string of the molecule is O=C(O)c1cc(Br)cc(Sc2ncco2)c1. The molecule has 0 aliphatic heterocycles. The maximum atomic E-state index is 10.8. The lowest BCUT2D eigenvalue weighted by molar-refractivity contribution is 0.0696. The predicted molar refractivity (Wildman–Crippen MR) is 61.7 cm³/mol. The Hall–Kier alpha value is -1.27. The van der Waals surface area contributed by atoms with Crippen molar-refractivity contribution in [2.75, 3.05) is 0 Å². The van der Waals surface area contributed by atoms with E-state index in [1.54, 1.807) is 24.4 Å². The quantitative estimate of drug-likeness (QED) is 0.942. The molecule has 1 heterocycles. The third kappa shape index (κ3) is 2.65. The molecule has 16 heavy (non-hydrogen) atoms. The number of benzene rings is 1. The van der Waals surface area contributed by atoms with Gasteiger partial charge >= 0.3 is 5.97 Å². The van der Waals surface area contributed by atoms with Gasteiger partial charge in [0.25, 0.3) is 5.22 Å². The van der Waals surface area contributed by atoms with Crippen molar-refractivity contribution in [1.29, 1.82) is 0 Å². The fraction of sp³-hybridized carbons (Fsp3) is 0. The predicted octanol–water partition coefficient (Wildman–Crippen LogP) is 3.29. The van der Waals surface area contributed by atoms with Gasteiger partial charge in [0.2, 0.25) is 0 Å². The molecule has 0 bridgehead atoms. The second-order valence-electron chi connectivity index (χ2n) is 2.88. The van der Waals surface area contributed by atoms with Gasteiger partial charge in [0.05, 0.1) is 11.8 Å². The summed E-state index contributed by atoms with van der Waals surface area (Å²) in [5.74, 6) is -0.962. The summed E-state index contributed by atoms with van der Waals surface area (Å²) < 4.78 is 5.78. The maximum absolute atomic E-state index is 10.8. The molecule has 6 heteroatoms. The van der Waals surface area contributed by atoms with Gasteiger partial charge in [-0.2, -0.15) is 0 Å². The van der Waals surface area contributed by atoms with Crippen molar-refractivity contribution >= 4 is 33.7 Å². The number of nitrogens with zero attached hydrogens (tertiary/aromatic N) is 1. The molecule has 1 aromatic carbocycles. The third-order valence-electron chi connectivity index (χ3n) is 1.73. The number of oxazole rings is 1. The van der Waals surface area contributed by atoms with E-state index in [-0.39, 0.29) is 5.56 Å². The van der Waals surface area contributed by atoms with Gasteiger partial charge in [-0.25, -0.2) is 9.78 Å². The van der Waals surface area contributed by atoms with E-state index in [9.17, 15) is 4.79 Å². The van der Waals surface area contributed by atoms with Crippen molar-refractivity contribution in [2.24, 2.45) is 0 Å². The van der Waals surface area contributed by atoms with Crippen LogP contribution in [0.1, 0.15) is 10.4 Å². The van der Waals surface area contributed by atoms with Crippen LogP contribution in [0.3, 0.4) is 0 Å². The molecule has 0 amide bonds. The minimum atomic E-state index is -0.962. The zero-order valence-corrected chi connectivity index (χ0v) is 10.3. The topological polar surface area (TPSA) is 63.3 Å². The van der Waals surface area contributed by atoms with Crippen LogP contribution < -0.4 is 0 Å². The van der Waals surface area contributed by atoms with E-state index in [0.29, 0.717) is 9.70 Å². The lowest BCUT2D eigenvalue weighted by Gasteiger charge is -2.01. The standard InChI is InChI=1S/C10H6BrNO3S/c11-7-3-6(9(13)14)4-8(5-7)16-10-12-1-2-15-10/h1-5H,(H,13,14). The summed E-state index contributed by atoms with van der Waals surface area (Å²) in [5, 5.41) is 9.37. The van der Waals surface area contributed by atoms with Crippen molar-refractivity contribution in [2.45, 2.75) is 10.1 Å². The Balaban J connectivity index is 2.31. The highest BCUT2D eigenvalue weighted by Gasteiger charge is 2.08. The molecule has 0 saturated carbocycles. The van der Waals surface area contributed by atoms with Crippen LogP contribution >= 0.6 is 27.7 Å². The minimum absolute atomic E-state index is 0.225. The Kier molecular flexibility index (Phi) is 3.31. The number of aromatic carboxylic acids is 1. The lowest BCUT2D eigenvalue weighted by Crippen LogP contribution is -1.96. The number of carbonyl (C=O) groups is 1. The lowest BCUT2D eigenvalue weighted by atomic mass is 10.2. The molecule has 0 aliphatic rings. The van der Waals surface area contributed by atoms with E-state index in [0.717, 1.165) is 4.90 Å². The van der Waals surface area contributed by atoms with Crippen LogP contribution in [0.15, 0.2) is 49.7 Å². The second-order valence-corrected chi connectivity index (χ2v) is 4.82. The summed E-state index contributed by atoms with van der Waals surface area (Å²) in [6.45, 7) is 0. The first kappa shape index (κ1) is 11.2. The molecular weight excluding hydrogens is 294 g/mol. The minimum Gasteiger partial charge on any atom is -0.478 e. The average molecular weight is 300 g/mol. The number of halogens is 1. The molecule has 82 valence electrons. The van der Waals surface area contributed by atoms with Gasteiger partial charge in [-0.05, 0) is 30.0 Å². The van der Waals surface area contributed by atoms with Gasteiger partial charge in [0, 0.05) is 9.37 Å². The van der Waals surface area contributed by atoms with Crippen LogP contribution in [0, 0.1) is 0 Å². The normalized spacial score (nSPS) is 10.3. The molecule has 4 nitrogen and oxygen atoms in total. The fourth-order valence-electron chi connectivity index (χ4n) is 1.11. The van der Waals surface area contributed by atoms with Crippen molar-refractivity contribution in [3.8, 4) is 0 Å². The first-order chi connectivity index (χ1) is 7.65. The Morgan fingerprint density at radius 1 is 1.44 bits per heavy atom. The van der Waals surface area contributed by atoms with Gasteiger partial charge < -0.3 is 9.52 Å². The zero-order chi connectivity index (χ0) is 11.5. The highest BCUT2D eigenvalue weighted by atomic mass is 79.9. The molecule has 1 aromatic heterocycles. The first-order valence-corrected chi connectivity index (χ1v) is 5.87. The molecule has 0 atom stereocenters. The number of aromatic nitrogens is 1. The van der Waals surface area contributed by atoms with Crippen molar-refractivity contribution in [1.82, 2.24) is 4.98 Å². The smallest absolute Gasteiger partial charge is 0.335 e. The third-order valence-corrected chi connectivity index (χ3v) is 3.04.